The predicted molar refractivity (Wildman–Crippen MR) is 65.2 cm³/mol. The molecule has 100 valence electrons. The van der Waals surface area contributed by atoms with Gasteiger partial charge in [-0.25, -0.2) is 4.68 Å². The van der Waals surface area contributed by atoms with E-state index in [9.17, 15) is 4.79 Å². The van der Waals surface area contributed by atoms with Gasteiger partial charge in [-0.2, -0.15) is 0 Å². The van der Waals surface area contributed by atoms with Crippen LogP contribution in [-0.2, 0) is 0 Å². The van der Waals surface area contributed by atoms with Gasteiger partial charge in [-0.05, 0) is 19.8 Å². The summed E-state index contributed by atoms with van der Waals surface area (Å²) in [5.74, 6) is -0.209. The molecule has 0 saturated carbocycles. The molecule has 0 bridgehead atoms. The largest absolute Gasteiger partial charge is 0.396 e. The summed E-state index contributed by atoms with van der Waals surface area (Å²) in [6.07, 6.45) is 3.12. The molecule has 1 saturated heterocycles. The van der Waals surface area contributed by atoms with E-state index in [1.54, 1.807) is 10.9 Å². The number of carbonyl (C=O) groups excluding carboxylic acids is 1. The number of hydrogen-bond acceptors (Lipinski definition) is 5. The Hall–Kier alpha value is -1.47. The van der Waals surface area contributed by atoms with Crippen LogP contribution in [0.4, 0.5) is 0 Å². The lowest BCUT2D eigenvalue weighted by Crippen LogP contribution is -2.43. The average Bonchev–Trinajstić information content (AvgIpc) is 2.73. The fourth-order valence-corrected chi connectivity index (χ4v) is 1.79. The third-order valence-electron chi connectivity index (χ3n) is 3.05. The summed E-state index contributed by atoms with van der Waals surface area (Å²) in [5, 5.41) is 22.5. The van der Waals surface area contributed by atoms with Crippen LogP contribution in [0.15, 0.2) is 6.20 Å². The average molecular weight is 253 g/mol. The first-order chi connectivity index (χ1) is 8.70. The molecule has 0 spiro atoms. The van der Waals surface area contributed by atoms with Crippen LogP contribution < -0.4 is 10.6 Å². The Balaban J connectivity index is 1.86. The number of nitrogens with one attached hydrogen (secondary N) is 2. The quantitative estimate of drug-likeness (QED) is 0.624. The maximum atomic E-state index is 11.9. The van der Waals surface area contributed by atoms with Crippen molar-refractivity contribution in [2.24, 2.45) is 0 Å². The molecular formula is C11H19N5O2. The molecule has 3 N–H and O–H groups in total. The highest BCUT2D eigenvalue weighted by Gasteiger charge is 2.21. The topological polar surface area (TPSA) is 92.1 Å². The molecule has 7 heteroatoms. The van der Waals surface area contributed by atoms with Crippen LogP contribution in [-0.4, -0.2) is 51.7 Å². The van der Waals surface area contributed by atoms with Crippen molar-refractivity contribution in [3.8, 4) is 0 Å². The molecule has 18 heavy (non-hydrogen) atoms. The Labute approximate surface area is 106 Å². The number of nitrogens with zero attached hydrogens (tertiary/aromatic N) is 3. The summed E-state index contributed by atoms with van der Waals surface area (Å²) in [6.45, 7) is 3.80. The van der Waals surface area contributed by atoms with Crippen LogP contribution in [0, 0.1) is 0 Å². The molecule has 1 aromatic heterocycles. The van der Waals surface area contributed by atoms with Gasteiger partial charge in [0.15, 0.2) is 5.69 Å². The van der Waals surface area contributed by atoms with E-state index >= 15 is 0 Å². The van der Waals surface area contributed by atoms with E-state index in [1.165, 1.54) is 0 Å². The van der Waals surface area contributed by atoms with Gasteiger partial charge < -0.3 is 15.7 Å². The molecule has 1 amide bonds. The molecule has 1 aliphatic heterocycles. The SMILES string of the molecule is CC(CCCO)NC(=O)c1cn(C2CNC2)nn1. The van der Waals surface area contributed by atoms with Crippen molar-refractivity contribution in [3.63, 3.8) is 0 Å². The van der Waals surface area contributed by atoms with Crippen molar-refractivity contribution in [2.75, 3.05) is 19.7 Å². The Morgan fingerprint density at radius 1 is 1.72 bits per heavy atom. The summed E-state index contributed by atoms with van der Waals surface area (Å²) in [6, 6.07) is 0.339. The van der Waals surface area contributed by atoms with Gasteiger partial charge in [-0.15, -0.1) is 5.10 Å². The third-order valence-corrected chi connectivity index (χ3v) is 3.05. The van der Waals surface area contributed by atoms with Gasteiger partial charge in [-0.3, -0.25) is 4.79 Å². The second-order valence-corrected chi connectivity index (χ2v) is 4.64. The number of aromatic nitrogens is 3. The summed E-state index contributed by atoms with van der Waals surface area (Å²) in [5.41, 5.74) is 0.345. The molecular weight excluding hydrogens is 234 g/mol. The van der Waals surface area contributed by atoms with E-state index in [0.717, 1.165) is 19.5 Å². The molecule has 1 unspecified atom stereocenters. The standard InChI is InChI=1S/C11H19N5O2/c1-8(3-2-4-17)13-11(18)10-7-16(15-14-10)9-5-12-6-9/h7-9,12,17H,2-6H2,1H3,(H,13,18). The minimum absolute atomic E-state index is 0.0279. The molecule has 1 aromatic rings. The van der Waals surface area contributed by atoms with Crippen molar-refractivity contribution in [2.45, 2.75) is 31.8 Å². The summed E-state index contributed by atoms with van der Waals surface area (Å²) in [4.78, 5) is 11.9. The van der Waals surface area contributed by atoms with Gasteiger partial charge in [0.25, 0.3) is 5.91 Å². The molecule has 2 rings (SSSR count). The van der Waals surface area contributed by atoms with Crippen LogP contribution in [0.1, 0.15) is 36.3 Å². The van der Waals surface area contributed by atoms with Crippen molar-refractivity contribution in [1.82, 2.24) is 25.6 Å². The second-order valence-electron chi connectivity index (χ2n) is 4.64. The lowest BCUT2D eigenvalue weighted by atomic mass is 10.2. The van der Waals surface area contributed by atoms with Gasteiger partial charge in [0.1, 0.15) is 0 Å². The number of amides is 1. The second kappa shape index (κ2) is 5.92. The highest BCUT2D eigenvalue weighted by molar-refractivity contribution is 5.92. The zero-order valence-corrected chi connectivity index (χ0v) is 10.5. The van der Waals surface area contributed by atoms with E-state index in [4.69, 9.17) is 5.11 Å². The van der Waals surface area contributed by atoms with Crippen LogP contribution in [0.5, 0.6) is 0 Å². The fraction of sp³-hybridized carbons (Fsp3) is 0.727. The van der Waals surface area contributed by atoms with Crippen molar-refractivity contribution in [3.05, 3.63) is 11.9 Å². The van der Waals surface area contributed by atoms with Gasteiger partial charge in [-0.1, -0.05) is 5.21 Å². The zero-order valence-electron chi connectivity index (χ0n) is 10.5. The van der Waals surface area contributed by atoms with E-state index in [0.29, 0.717) is 18.2 Å². The van der Waals surface area contributed by atoms with Crippen LogP contribution >= 0.6 is 0 Å². The summed E-state index contributed by atoms with van der Waals surface area (Å²) >= 11 is 0. The first kappa shape index (κ1) is 13.0. The lowest BCUT2D eigenvalue weighted by molar-refractivity contribution is 0.0931. The summed E-state index contributed by atoms with van der Waals surface area (Å²) in [7, 11) is 0. The van der Waals surface area contributed by atoms with Gasteiger partial charge in [0.2, 0.25) is 0 Å². The lowest BCUT2D eigenvalue weighted by Gasteiger charge is -2.26. The van der Waals surface area contributed by atoms with Gasteiger partial charge in [0.05, 0.1) is 12.2 Å². The van der Waals surface area contributed by atoms with E-state index in [2.05, 4.69) is 20.9 Å². The van der Waals surface area contributed by atoms with Crippen molar-refractivity contribution < 1.29 is 9.90 Å². The highest BCUT2D eigenvalue weighted by atomic mass is 16.3. The summed E-state index contributed by atoms with van der Waals surface area (Å²) < 4.78 is 1.73. The number of carbonyl (C=O) groups is 1. The Morgan fingerprint density at radius 3 is 3.11 bits per heavy atom. The minimum Gasteiger partial charge on any atom is -0.396 e. The minimum atomic E-state index is -0.209. The first-order valence-electron chi connectivity index (χ1n) is 6.25. The van der Waals surface area contributed by atoms with E-state index in [1.807, 2.05) is 6.92 Å². The first-order valence-corrected chi connectivity index (χ1v) is 6.25. The van der Waals surface area contributed by atoms with Crippen LogP contribution in [0.3, 0.4) is 0 Å². The Bertz CT molecular complexity index is 402. The molecule has 1 atom stereocenters. The Morgan fingerprint density at radius 2 is 2.50 bits per heavy atom. The number of aliphatic hydroxyl groups is 1. The Kier molecular flexibility index (Phi) is 4.27. The molecule has 7 nitrogen and oxygen atoms in total. The number of rotatable bonds is 6. The molecule has 1 aliphatic rings. The van der Waals surface area contributed by atoms with E-state index in [-0.39, 0.29) is 18.6 Å². The number of hydrogen-bond donors (Lipinski definition) is 3. The van der Waals surface area contributed by atoms with Crippen molar-refractivity contribution >= 4 is 5.91 Å². The van der Waals surface area contributed by atoms with Gasteiger partial charge >= 0.3 is 0 Å². The van der Waals surface area contributed by atoms with E-state index < -0.39 is 0 Å². The van der Waals surface area contributed by atoms with Crippen LogP contribution in [0.25, 0.3) is 0 Å². The molecule has 1 fully saturated rings. The maximum absolute atomic E-state index is 11.9. The molecule has 0 aliphatic carbocycles. The van der Waals surface area contributed by atoms with Crippen LogP contribution in [0.2, 0.25) is 0 Å². The highest BCUT2D eigenvalue weighted by Crippen LogP contribution is 2.09. The number of aliphatic hydroxyl groups excluding tert-OH is 1. The third kappa shape index (κ3) is 3.05. The smallest absolute Gasteiger partial charge is 0.273 e. The molecule has 2 heterocycles. The molecule has 0 radical (unpaired) electrons. The fourth-order valence-electron chi connectivity index (χ4n) is 1.79. The predicted octanol–water partition coefficient (Wildman–Crippen LogP) is -0.687. The zero-order chi connectivity index (χ0) is 13.0. The van der Waals surface area contributed by atoms with Crippen molar-refractivity contribution in [1.29, 1.82) is 0 Å². The maximum Gasteiger partial charge on any atom is 0.273 e. The normalized spacial score (nSPS) is 17.2. The van der Waals surface area contributed by atoms with Gasteiger partial charge in [0, 0.05) is 25.7 Å². The molecule has 0 aromatic carbocycles. The monoisotopic (exact) mass is 253 g/mol.